The van der Waals surface area contributed by atoms with Crippen molar-refractivity contribution in [3.8, 4) is 0 Å². The molecule has 1 amide bonds. The molecule has 1 aromatic carbocycles. The van der Waals surface area contributed by atoms with E-state index in [0.29, 0.717) is 0 Å². The Labute approximate surface area is 130 Å². The van der Waals surface area contributed by atoms with Gasteiger partial charge in [-0.2, -0.15) is 0 Å². The van der Waals surface area contributed by atoms with Crippen molar-refractivity contribution in [1.82, 2.24) is 5.32 Å². The largest absolute Gasteiger partial charge is 0.479 e. The third kappa shape index (κ3) is 3.85. The van der Waals surface area contributed by atoms with Gasteiger partial charge in [-0.1, -0.05) is 18.2 Å². The highest BCUT2D eigenvalue weighted by Gasteiger charge is 2.34. The molecule has 2 N–H and O–H groups in total. The van der Waals surface area contributed by atoms with Gasteiger partial charge in [-0.05, 0) is 49.3 Å². The van der Waals surface area contributed by atoms with Crippen LogP contribution in [0.5, 0.6) is 0 Å². The Kier molecular flexibility index (Phi) is 5.19. The summed E-state index contributed by atoms with van der Waals surface area (Å²) in [4.78, 5) is 23.4. The predicted molar refractivity (Wildman–Crippen MR) is 82.8 cm³/mol. The summed E-state index contributed by atoms with van der Waals surface area (Å²) in [5.74, 6) is -1.41. The van der Waals surface area contributed by atoms with E-state index >= 15 is 0 Å². The summed E-state index contributed by atoms with van der Waals surface area (Å²) in [6.45, 7) is 1.38. The van der Waals surface area contributed by atoms with Gasteiger partial charge in [0.15, 0.2) is 5.54 Å². The van der Waals surface area contributed by atoms with Crippen LogP contribution >= 0.6 is 0 Å². The molecule has 0 aromatic heterocycles. The van der Waals surface area contributed by atoms with Gasteiger partial charge < -0.3 is 15.2 Å². The second kappa shape index (κ2) is 6.92. The summed E-state index contributed by atoms with van der Waals surface area (Å²) in [7, 11) is 1.41. The molecule has 0 bridgehead atoms. The number of nitrogens with one attached hydrogen (secondary N) is 1. The van der Waals surface area contributed by atoms with Crippen molar-refractivity contribution in [2.45, 2.75) is 44.6 Å². The second-order valence-electron chi connectivity index (χ2n) is 6.11. The minimum Gasteiger partial charge on any atom is -0.479 e. The van der Waals surface area contributed by atoms with Crippen molar-refractivity contribution in [1.29, 1.82) is 0 Å². The number of carbonyl (C=O) groups excluding carboxylic acids is 1. The summed E-state index contributed by atoms with van der Waals surface area (Å²) >= 11 is 0. The number of fused-ring (bicyclic) bond motifs is 1. The number of aryl methyl sites for hydroxylation is 2. The lowest BCUT2D eigenvalue weighted by Crippen LogP contribution is -2.55. The number of hydrogen-bond acceptors (Lipinski definition) is 3. The van der Waals surface area contributed by atoms with Crippen LogP contribution in [0.25, 0.3) is 0 Å². The van der Waals surface area contributed by atoms with Crippen LogP contribution in [0, 0.1) is 0 Å². The molecule has 0 heterocycles. The van der Waals surface area contributed by atoms with Crippen LogP contribution in [0.4, 0.5) is 0 Å². The molecule has 0 radical (unpaired) electrons. The second-order valence-corrected chi connectivity index (χ2v) is 6.11. The van der Waals surface area contributed by atoms with E-state index in [1.165, 1.54) is 38.0 Å². The van der Waals surface area contributed by atoms with Crippen molar-refractivity contribution in [3.05, 3.63) is 34.9 Å². The Morgan fingerprint density at radius 3 is 2.59 bits per heavy atom. The zero-order valence-electron chi connectivity index (χ0n) is 13.1. The van der Waals surface area contributed by atoms with Gasteiger partial charge in [0.05, 0.1) is 13.0 Å². The van der Waals surface area contributed by atoms with Gasteiger partial charge in [-0.3, -0.25) is 4.79 Å². The molecule has 0 fully saturated rings. The molecule has 1 aromatic rings. The molecule has 22 heavy (non-hydrogen) atoms. The quantitative estimate of drug-likeness (QED) is 0.839. The number of ether oxygens (including phenoxy) is 1. The third-order valence-corrected chi connectivity index (χ3v) is 4.10. The summed E-state index contributed by atoms with van der Waals surface area (Å²) in [5.41, 5.74) is 2.20. The molecule has 0 saturated carbocycles. The van der Waals surface area contributed by atoms with Crippen molar-refractivity contribution in [3.63, 3.8) is 0 Å². The van der Waals surface area contributed by atoms with E-state index in [0.717, 1.165) is 18.4 Å². The third-order valence-electron chi connectivity index (χ3n) is 4.10. The average Bonchev–Trinajstić information content (AvgIpc) is 2.47. The molecular weight excluding hydrogens is 282 g/mol. The Hall–Kier alpha value is -1.88. The zero-order valence-corrected chi connectivity index (χ0v) is 13.1. The summed E-state index contributed by atoms with van der Waals surface area (Å²) < 4.78 is 4.90. The van der Waals surface area contributed by atoms with Crippen LogP contribution in [-0.2, 0) is 33.6 Å². The molecule has 0 spiro atoms. The van der Waals surface area contributed by atoms with Gasteiger partial charge in [-0.25, -0.2) is 4.79 Å². The fraction of sp³-hybridized carbons (Fsp3) is 0.529. The molecule has 1 aliphatic rings. The monoisotopic (exact) mass is 305 g/mol. The number of benzene rings is 1. The Morgan fingerprint density at radius 2 is 1.95 bits per heavy atom. The molecule has 5 nitrogen and oxygen atoms in total. The lowest BCUT2D eigenvalue weighted by molar-refractivity contribution is -0.149. The summed E-state index contributed by atoms with van der Waals surface area (Å²) in [5, 5.41) is 11.8. The Bertz CT molecular complexity index is 570. The first-order valence-corrected chi connectivity index (χ1v) is 7.58. The molecule has 1 aliphatic carbocycles. The number of carboxylic acid groups (broad SMARTS) is 1. The highest BCUT2D eigenvalue weighted by Crippen LogP contribution is 2.22. The molecule has 120 valence electrons. The molecule has 5 heteroatoms. The van der Waals surface area contributed by atoms with E-state index in [2.05, 4.69) is 17.4 Å². The first-order chi connectivity index (χ1) is 10.4. The number of hydrogen-bond donors (Lipinski definition) is 2. The van der Waals surface area contributed by atoms with E-state index < -0.39 is 11.5 Å². The summed E-state index contributed by atoms with van der Waals surface area (Å²) in [6, 6.07) is 6.11. The van der Waals surface area contributed by atoms with E-state index in [4.69, 9.17) is 4.74 Å². The number of methoxy groups -OCH3 is 1. The van der Waals surface area contributed by atoms with E-state index in [9.17, 15) is 14.7 Å². The minimum atomic E-state index is -1.40. The van der Waals surface area contributed by atoms with Crippen LogP contribution in [-0.4, -0.2) is 36.2 Å². The zero-order chi connectivity index (χ0) is 16.2. The van der Waals surface area contributed by atoms with Crippen LogP contribution in [0.1, 0.15) is 36.5 Å². The van der Waals surface area contributed by atoms with Crippen molar-refractivity contribution < 1.29 is 19.4 Å². The maximum atomic E-state index is 12.1. The topological polar surface area (TPSA) is 75.6 Å². The normalized spacial score (nSPS) is 16.5. The Balaban J connectivity index is 2.04. The number of rotatable bonds is 6. The van der Waals surface area contributed by atoms with Gasteiger partial charge in [-0.15, -0.1) is 0 Å². The predicted octanol–water partition coefficient (Wildman–Crippen LogP) is 1.71. The van der Waals surface area contributed by atoms with Gasteiger partial charge in [0, 0.05) is 7.11 Å². The highest BCUT2D eigenvalue weighted by molar-refractivity contribution is 5.87. The SMILES string of the molecule is COCC(C)(NC(=O)Cc1ccc2c(c1)CCCC2)C(=O)O. The number of amides is 1. The van der Waals surface area contributed by atoms with Gasteiger partial charge in [0.25, 0.3) is 0 Å². The average molecular weight is 305 g/mol. The lowest BCUT2D eigenvalue weighted by atomic mass is 9.90. The van der Waals surface area contributed by atoms with Gasteiger partial charge in [0.1, 0.15) is 0 Å². The van der Waals surface area contributed by atoms with Crippen molar-refractivity contribution >= 4 is 11.9 Å². The molecule has 1 atom stereocenters. The lowest BCUT2D eigenvalue weighted by Gasteiger charge is -2.25. The fourth-order valence-electron chi connectivity index (χ4n) is 2.87. The van der Waals surface area contributed by atoms with Crippen molar-refractivity contribution in [2.75, 3.05) is 13.7 Å². The highest BCUT2D eigenvalue weighted by atomic mass is 16.5. The molecular formula is C17H23NO4. The summed E-state index contributed by atoms with van der Waals surface area (Å²) in [6.07, 6.45) is 4.75. The molecule has 0 saturated heterocycles. The van der Waals surface area contributed by atoms with Crippen LogP contribution < -0.4 is 5.32 Å². The van der Waals surface area contributed by atoms with Crippen molar-refractivity contribution in [2.24, 2.45) is 0 Å². The Morgan fingerprint density at radius 1 is 1.27 bits per heavy atom. The maximum Gasteiger partial charge on any atom is 0.331 e. The maximum absolute atomic E-state index is 12.1. The molecule has 1 unspecified atom stereocenters. The van der Waals surface area contributed by atoms with Crippen LogP contribution in [0.15, 0.2) is 18.2 Å². The minimum absolute atomic E-state index is 0.0712. The standard InChI is InChI=1S/C17H23NO4/c1-17(11-22-2,16(20)21)18-15(19)10-12-7-8-13-5-3-4-6-14(13)9-12/h7-9H,3-6,10-11H2,1-2H3,(H,18,19)(H,20,21). The van der Waals surface area contributed by atoms with E-state index in [1.807, 2.05) is 6.07 Å². The molecule has 2 rings (SSSR count). The van der Waals surface area contributed by atoms with E-state index in [1.54, 1.807) is 0 Å². The number of carboxylic acids is 1. The van der Waals surface area contributed by atoms with Crippen LogP contribution in [0.2, 0.25) is 0 Å². The first kappa shape index (κ1) is 16.5. The van der Waals surface area contributed by atoms with Crippen LogP contribution in [0.3, 0.4) is 0 Å². The van der Waals surface area contributed by atoms with E-state index in [-0.39, 0.29) is 18.9 Å². The smallest absolute Gasteiger partial charge is 0.331 e. The molecule has 0 aliphatic heterocycles. The van der Waals surface area contributed by atoms with Gasteiger partial charge in [0.2, 0.25) is 5.91 Å². The number of carbonyl (C=O) groups is 2. The van der Waals surface area contributed by atoms with Gasteiger partial charge >= 0.3 is 5.97 Å². The fourth-order valence-corrected chi connectivity index (χ4v) is 2.87. The number of aliphatic carboxylic acids is 1. The first-order valence-electron chi connectivity index (χ1n) is 7.58.